The van der Waals surface area contributed by atoms with Gasteiger partial charge in [0.1, 0.15) is 24.0 Å². The van der Waals surface area contributed by atoms with E-state index in [1.807, 2.05) is 6.07 Å². The van der Waals surface area contributed by atoms with Crippen LogP contribution in [-0.2, 0) is 0 Å². The number of alkyl halides is 1. The first kappa shape index (κ1) is 26.5. The van der Waals surface area contributed by atoms with Crippen molar-refractivity contribution in [2.24, 2.45) is 5.11 Å². The molecule has 0 bridgehead atoms. The molecule has 0 saturated carbocycles. The Morgan fingerprint density at radius 1 is 1.00 bits per heavy atom. The number of nitrogens with zero attached hydrogens (tertiary/aromatic N) is 14. The average Bonchev–Trinajstić information content (AvgIpc) is 3.51. The van der Waals surface area contributed by atoms with Crippen LogP contribution in [0.25, 0.3) is 37.8 Å². The normalized spacial score (nSPS) is 8.75. The van der Waals surface area contributed by atoms with Gasteiger partial charge in [-0.2, -0.15) is 10.2 Å². The van der Waals surface area contributed by atoms with Crippen molar-refractivity contribution in [3.8, 4) is 11.4 Å². The van der Waals surface area contributed by atoms with E-state index in [1.165, 1.54) is 28.4 Å². The molecule has 0 atom stereocenters. The van der Waals surface area contributed by atoms with E-state index in [0.717, 1.165) is 0 Å². The van der Waals surface area contributed by atoms with E-state index in [1.54, 1.807) is 41.7 Å². The molecule has 4 aromatic rings. The third-order valence-electron chi connectivity index (χ3n) is 2.96. The molecule has 0 saturated heterocycles. The molecular formula is C15H13ClFN14Na. The molecule has 32 heavy (non-hydrogen) atoms. The van der Waals surface area contributed by atoms with Gasteiger partial charge in [0, 0.05) is 29.7 Å². The smallest absolute Gasteiger partial charge is 0.373 e. The molecule has 4 heterocycles. The van der Waals surface area contributed by atoms with E-state index < -0.39 is 7.15 Å². The van der Waals surface area contributed by atoms with Crippen LogP contribution >= 0.6 is 11.6 Å². The van der Waals surface area contributed by atoms with Gasteiger partial charge >= 0.3 is 29.6 Å². The first-order valence-corrected chi connectivity index (χ1v) is 8.14. The number of halogens is 2. The molecule has 4 rings (SSSR count). The zero-order chi connectivity index (χ0) is 23.6. The standard InChI is InChI=1S/C7H5ClN4.C7H5N7.CH3F.N3.Na/c8-7-6(4-9-5-10-7)12-3-1-2-11-12;8-13-12-7-6(4-9-5-10-7)14-3-1-2-11-14;1-2;1-3-2;/h1-5H;1-5H;1H3;;/q;;;-1;+1/i;;1D;;. The zero-order valence-electron chi connectivity index (χ0n) is 17.5. The van der Waals surface area contributed by atoms with Gasteiger partial charge in [0.15, 0.2) is 11.0 Å². The summed E-state index contributed by atoms with van der Waals surface area (Å²) in [5, 5.41) is 11.8. The molecule has 14 nitrogen and oxygen atoms in total. The molecular weight excluding hydrogens is 454 g/mol. The van der Waals surface area contributed by atoms with Gasteiger partial charge in [-0.3, -0.25) is 9.30 Å². The molecule has 0 aromatic carbocycles. The van der Waals surface area contributed by atoms with Crippen LogP contribution in [0.15, 0.2) is 67.1 Å². The Bertz CT molecular complexity index is 1130. The number of rotatable bonds is 3. The SMILES string of the molecule is Clc1ncncc1-n1cccn1.[2H]CF.[N-]=[N+]=Nc1ncncc1-n1cccn1.[N-]=[N+]=[N-].[Na+]. The second-order valence-corrected chi connectivity index (χ2v) is 4.97. The van der Waals surface area contributed by atoms with E-state index in [-0.39, 0.29) is 35.4 Å². The monoisotopic (exact) mass is 467 g/mol. The fraction of sp³-hybridized carbons (Fsp3) is 0.0667. The Balaban J connectivity index is 0.000000493. The Kier molecular flexibility index (Phi) is 14.2. The molecule has 0 unspecified atom stereocenters. The Hall–Kier alpha value is -3.58. The Morgan fingerprint density at radius 3 is 1.97 bits per heavy atom. The van der Waals surface area contributed by atoms with Gasteiger partial charge in [-0.05, 0) is 22.8 Å². The number of azide groups is 1. The summed E-state index contributed by atoms with van der Waals surface area (Å²) in [6, 6.07) is 3.57. The van der Waals surface area contributed by atoms with Crippen LogP contribution in [0.5, 0.6) is 0 Å². The zero-order valence-corrected chi connectivity index (χ0v) is 19.3. The van der Waals surface area contributed by atoms with Gasteiger partial charge in [-0.1, -0.05) is 11.6 Å². The minimum Gasteiger partial charge on any atom is -0.373 e. The topological polar surface area (TPSA) is 195 Å². The van der Waals surface area contributed by atoms with E-state index in [9.17, 15) is 4.39 Å². The predicted octanol–water partition coefficient (Wildman–Crippen LogP) is 1.38. The van der Waals surface area contributed by atoms with E-state index in [0.29, 0.717) is 16.5 Å². The summed E-state index contributed by atoms with van der Waals surface area (Å²) in [6.45, 7) is 0. The predicted molar refractivity (Wildman–Crippen MR) is 109 cm³/mol. The van der Waals surface area contributed by atoms with Crippen LogP contribution in [0.4, 0.5) is 10.2 Å². The second-order valence-electron chi connectivity index (χ2n) is 4.61. The first-order valence-electron chi connectivity index (χ1n) is 8.47. The molecule has 0 N–H and O–H groups in total. The molecule has 0 aliphatic carbocycles. The summed E-state index contributed by atoms with van der Waals surface area (Å²) in [4.78, 5) is 19.5. The molecule has 0 radical (unpaired) electrons. The summed E-state index contributed by atoms with van der Waals surface area (Å²) in [6.07, 6.45) is 12.6. The van der Waals surface area contributed by atoms with Crippen LogP contribution in [0.3, 0.4) is 0 Å². The summed E-state index contributed by atoms with van der Waals surface area (Å²) in [7, 11) is -1.00. The van der Waals surface area contributed by atoms with E-state index in [2.05, 4.69) is 40.2 Å². The Morgan fingerprint density at radius 2 is 1.50 bits per heavy atom. The molecule has 0 aliphatic rings. The van der Waals surface area contributed by atoms with E-state index in [4.69, 9.17) is 29.6 Å². The minimum atomic E-state index is -1.00. The summed E-state index contributed by atoms with van der Waals surface area (Å²) < 4.78 is 18.6. The molecule has 0 amide bonds. The quantitative estimate of drug-likeness (QED) is 0.143. The van der Waals surface area contributed by atoms with Crippen molar-refractivity contribution >= 4 is 17.4 Å². The molecule has 0 fully saturated rings. The van der Waals surface area contributed by atoms with Gasteiger partial charge in [-0.15, -0.1) is 0 Å². The molecule has 158 valence electrons. The van der Waals surface area contributed by atoms with E-state index >= 15 is 0 Å². The number of hydrogen-bond acceptors (Lipinski definition) is 7. The van der Waals surface area contributed by atoms with Crippen molar-refractivity contribution in [2.45, 2.75) is 0 Å². The van der Waals surface area contributed by atoms with Crippen LogP contribution in [0.1, 0.15) is 1.37 Å². The maximum Gasteiger partial charge on any atom is 1.00 e. The van der Waals surface area contributed by atoms with Gasteiger partial charge in [0.2, 0.25) is 0 Å². The second kappa shape index (κ2) is 17.1. The molecule has 0 aliphatic heterocycles. The first-order chi connectivity index (χ1) is 15.6. The number of hydrogen-bond donors (Lipinski definition) is 0. The van der Waals surface area contributed by atoms with Gasteiger partial charge in [0.25, 0.3) is 0 Å². The maximum absolute atomic E-state index is 9.96. The third kappa shape index (κ3) is 9.06. The van der Waals surface area contributed by atoms with Gasteiger partial charge in [-0.25, -0.2) is 29.3 Å². The maximum atomic E-state index is 9.96. The molecule has 4 aromatic heterocycles. The van der Waals surface area contributed by atoms with Crippen LogP contribution in [0, 0.1) is 0 Å². The van der Waals surface area contributed by atoms with Crippen LogP contribution in [-0.4, -0.2) is 46.7 Å². The van der Waals surface area contributed by atoms with Gasteiger partial charge in [0.05, 0.1) is 20.9 Å². The van der Waals surface area contributed by atoms with Crippen LogP contribution < -0.4 is 29.6 Å². The third-order valence-corrected chi connectivity index (χ3v) is 3.25. The summed E-state index contributed by atoms with van der Waals surface area (Å²) in [5.74, 6) is 0.256. The minimum absolute atomic E-state index is 0. The fourth-order valence-electron chi connectivity index (χ4n) is 1.88. The van der Waals surface area contributed by atoms with Crippen molar-refractivity contribution in [2.75, 3.05) is 7.15 Å². The van der Waals surface area contributed by atoms with Crippen LogP contribution in [0.2, 0.25) is 5.15 Å². The number of aromatic nitrogens is 8. The van der Waals surface area contributed by atoms with Crippen molar-refractivity contribution in [3.63, 3.8) is 0 Å². The summed E-state index contributed by atoms with van der Waals surface area (Å²) in [5.41, 5.74) is 23.0. The van der Waals surface area contributed by atoms with Crippen molar-refractivity contribution in [1.82, 2.24) is 39.5 Å². The van der Waals surface area contributed by atoms with Crippen molar-refractivity contribution < 1.29 is 35.3 Å². The Labute approximate surface area is 208 Å². The molecule has 0 spiro atoms. The average molecular weight is 468 g/mol. The van der Waals surface area contributed by atoms with Gasteiger partial charge < -0.3 is 11.1 Å². The molecule has 17 heteroatoms. The largest absolute Gasteiger partial charge is 1.00 e. The fourth-order valence-corrected chi connectivity index (χ4v) is 2.06. The van der Waals surface area contributed by atoms with Crippen molar-refractivity contribution in [3.05, 3.63) is 93.5 Å². The van der Waals surface area contributed by atoms with Crippen molar-refractivity contribution in [1.29, 1.82) is 0 Å². The summed E-state index contributed by atoms with van der Waals surface area (Å²) >= 11 is 5.80.